The molecule has 0 unspecified atom stereocenters. The van der Waals surface area contributed by atoms with Crippen molar-refractivity contribution in [1.29, 1.82) is 0 Å². The average Bonchev–Trinajstić information content (AvgIpc) is 2.72. The number of fused-ring (bicyclic) bond motifs is 1. The van der Waals surface area contributed by atoms with Gasteiger partial charge in [-0.2, -0.15) is 0 Å². The summed E-state index contributed by atoms with van der Waals surface area (Å²) in [4.78, 5) is 29.0. The molecule has 2 N–H and O–H groups in total. The van der Waals surface area contributed by atoms with E-state index in [-0.39, 0.29) is 11.8 Å². The lowest BCUT2D eigenvalue weighted by atomic mass is 10.1. The number of hydrogen-bond acceptors (Lipinski definition) is 5. The molecule has 0 saturated carbocycles. The van der Waals surface area contributed by atoms with Gasteiger partial charge in [0.25, 0.3) is 11.8 Å². The fourth-order valence-electron chi connectivity index (χ4n) is 2.25. The zero-order valence-corrected chi connectivity index (χ0v) is 11.7. The van der Waals surface area contributed by atoms with Crippen LogP contribution in [0.15, 0.2) is 36.7 Å². The summed E-state index contributed by atoms with van der Waals surface area (Å²) in [6, 6.07) is 7.02. The van der Waals surface area contributed by atoms with E-state index in [1.165, 1.54) is 7.05 Å². The second-order valence-corrected chi connectivity index (χ2v) is 4.77. The quantitative estimate of drug-likeness (QED) is 0.843. The molecular formula is C15H14N4O2. The topological polar surface area (TPSA) is 74.3 Å². The molecule has 2 amide bonds. The van der Waals surface area contributed by atoms with Crippen LogP contribution in [0.5, 0.6) is 0 Å². The lowest BCUT2D eigenvalue weighted by molar-refractivity contribution is 0.0693. The lowest BCUT2D eigenvalue weighted by Crippen LogP contribution is -2.24. The van der Waals surface area contributed by atoms with Gasteiger partial charge in [-0.3, -0.25) is 19.5 Å². The number of benzene rings is 1. The smallest absolute Gasteiger partial charge is 0.261 e. The third-order valence-corrected chi connectivity index (χ3v) is 3.41. The highest BCUT2D eigenvalue weighted by molar-refractivity contribution is 6.21. The molecule has 106 valence electrons. The first-order chi connectivity index (χ1) is 10.1. The Morgan fingerprint density at radius 3 is 2.43 bits per heavy atom. The standard InChI is InChI=1S/C15H14N4O2/c1-16-10-5-11(8-17-7-10)18-9-3-4-12-13(6-9)15(21)19(2)14(12)20/h3-8,16,18H,1-2H3. The van der Waals surface area contributed by atoms with Gasteiger partial charge in [0.15, 0.2) is 0 Å². The van der Waals surface area contributed by atoms with Gasteiger partial charge in [0.2, 0.25) is 0 Å². The van der Waals surface area contributed by atoms with Gasteiger partial charge in [-0.05, 0) is 24.3 Å². The van der Waals surface area contributed by atoms with Crippen molar-refractivity contribution >= 4 is 28.9 Å². The van der Waals surface area contributed by atoms with E-state index in [1.54, 1.807) is 30.6 Å². The SMILES string of the molecule is CNc1cncc(Nc2ccc3c(c2)C(=O)N(C)C3=O)c1. The second kappa shape index (κ2) is 4.90. The first-order valence-electron chi connectivity index (χ1n) is 6.46. The van der Waals surface area contributed by atoms with Gasteiger partial charge in [-0.25, -0.2) is 0 Å². The molecule has 0 radical (unpaired) electrons. The fourth-order valence-corrected chi connectivity index (χ4v) is 2.25. The first kappa shape index (κ1) is 13.1. The zero-order valence-electron chi connectivity index (χ0n) is 11.7. The highest BCUT2D eigenvalue weighted by Crippen LogP contribution is 2.26. The molecule has 0 spiro atoms. The van der Waals surface area contributed by atoms with Crippen molar-refractivity contribution in [1.82, 2.24) is 9.88 Å². The Morgan fingerprint density at radius 2 is 1.67 bits per heavy atom. The third-order valence-electron chi connectivity index (χ3n) is 3.41. The fraction of sp³-hybridized carbons (Fsp3) is 0.133. The first-order valence-corrected chi connectivity index (χ1v) is 6.46. The molecular weight excluding hydrogens is 268 g/mol. The zero-order chi connectivity index (χ0) is 15.0. The number of aromatic nitrogens is 1. The van der Waals surface area contributed by atoms with Crippen LogP contribution in [0.2, 0.25) is 0 Å². The van der Waals surface area contributed by atoms with E-state index in [9.17, 15) is 9.59 Å². The molecule has 6 heteroatoms. The van der Waals surface area contributed by atoms with Crippen molar-refractivity contribution in [3.8, 4) is 0 Å². The number of rotatable bonds is 3. The molecule has 1 aromatic carbocycles. The number of pyridine rings is 1. The molecule has 1 aromatic heterocycles. The van der Waals surface area contributed by atoms with E-state index < -0.39 is 0 Å². The minimum atomic E-state index is -0.277. The molecule has 6 nitrogen and oxygen atoms in total. The van der Waals surface area contributed by atoms with E-state index in [0.717, 1.165) is 22.0 Å². The summed E-state index contributed by atoms with van der Waals surface area (Å²) < 4.78 is 0. The highest BCUT2D eigenvalue weighted by atomic mass is 16.2. The molecule has 2 heterocycles. The van der Waals surface area contributed by atoms with Gasteiger partial charge >= 0.3 is 0 Å². The van der Waals surface area contributed by atoms with Crippen molar-refractivity contribution in [3.63, 3.8) is 0 Å². The molecule has 2 aromatic rings. The summed E-state index contributed by atoms with van der Waals surface area (Å²) in [5.74, 6) is -0.541. The molecule has 21 heavy (non-hydrogen) atoms. The van der Waals surface area contributed by atoms with Crippen LogP contribution in [-0.2, 0) is 0 Å². The lowest BCUT2D eigenvalue weighted by Gasteiger charge is -2.08. The number of amides is 2. The Kier molecular flexibility index (Phi) is 3.06. The summed E-state index contributed by atoms with van der Waals surface area (Å²) in [6.07, 6.45) is 3.40. The van der Waals surface area contributed by atoms with Crippen LogP contribution in [0.25, 0.3) is 0 Å². The van der Waals surface area contributed by atoms with E-state index in [0.29, 0.717) is 11.1 Å². The van der Waals surface area contributed by atoms with Gasteiger partial charge in [0.05, 0.1) is 34.9 Å². The normalized spacial score (nSPS) is 13.3. The number of nitrogens with one attached hydrogen (secondary N) is 2. The summed E-state index contributed by atoms with van der Waals surface area (Å²) in [7, 11) is 3.30. The van der Waals surface area contributed by atoms with Crippen molar-refractivity contribution in [2.45, 2.75) is 0 Å². The number of nitrogens with zero attached hydrogens (tertiary/aromatic N) is 2. The Balaban J connectivity index is 1.92. The maximum absolute atomic E-state index is 12.0. The number of anilines is 3. The molecule has 0 saturated heterocycles. The maximum Gasteiger partial charge on any atom is 0.261 e. The van der Waals surface area contributed by atoms with Crippen LogP contribution in [0.3, 0.4) is 0 Å². The molecule has 1 aliphatic heterocycles. The predicted octanol–water partition coefficient (Wildman–Crippen LogP) is 2.09. The van der Waals surface area contributed by atoms with Crippen molar-refractivity contribution in [2.75, 3.05) is 24.7 Å². The van der Waals surface area contributed by atoms with Crippen molar-refractivity contribution in [3.05, 3.63) is 47.8 Å². The van der Waals surface area contributed by atoms with E-state index in [4.69, 9.17) is 0 Å². The third kappa shape index (κ3) is 2.20. The maximum atomic E-state index is 12.0. The minimum Gasteiger partial charge on any atom is -0.387 e. The molecule has 0 aliphatic carbocycles. The number of hydrogen-bond donors (Lipinski definition) is 2. The van der Waals surface area contributed by atoms with Crippen LogP contribution in [0.1, 0.15) is 20.7 Å². The van der Waals surface area contributed by atoms with Gasteiger partial charge in [0, 0.05) is 19.8 Å². The number of carbonyl (C=O) groups excluding carboxylic acids is 2. The monoisotopic (exact) mass is 282 g/mol. The molecule has 3 rings (SSSR count). The largest absolute Gasteiger partial charge is 0.387 e. The molecule has 1 aliphatic rings. The van der Waals surface area contributed by atoms with Gasteiger partial charge < -0.3 is 10.6 Å². The molecule has 0 bridgehead atoms. The predicted molar refractivity (Wildman–Crippen MR) is 79.9 cm³/mol. The highest BCUT2D eigenvalue weighted by Gasteiger charge is 2.32. The van der Waals surface area contributed by atoms with Crippen LogP contribution < -0.4 is 10.6 Å². The van der Waals surface area contributed by atoms with E-state index in [2.05, 4.69) is 15.6 Å². The van der Waals surface area contributed by atoms with Crippen LogP contribution >= 0.6 is 0 Å². The summed E-state index contributed by atoms with van der Waals surface area (Å²) in [5.41, 5.74) is 3.28. The minimum absolute atomic E-state index is 0.264. The number of carbonyl (C=O) groups is 2. The summed E-state index contributed by atoms with van der Waals surface area (Å²) in [5, 5.41) is 6.18. The van der Waals surface area contributed by atoms with Crippen molar-refractivity contribution < 1.29 is 9.59 Å². The van der Waals surface area contributed by atoms with E-state index in [1.807, 2.05) is 13.1 Å². The summed E-state index contributed by atoms with van der Waals surface area (Å²) >= 11 is 0. The Labute approximate surface area is 121 Å². The molecule has 0 atom stereocenters. The van der Waals surface area contributed by atoms with Crippen molar-refractivity contribution in [2.24, 2.45) is 0 Å². The van der Waals surface area contributed by atoms with Gasteiger partial charge in [-0.1, -0.05) is 0 Å². The van der Waals surface area contributed by atoms with Gasteiger partial charge in [-0.15, -0.1) is 0 Å². The van der Waals surface area contributed by atoms with Gasteiger partial charge in [0.1, 0.15) is 0 Å². The van der Waals surface area contributed by atoms with Crippen LogP contribution in [0, 0.1) is 0 Å². The Hall–Kier alpha value is -2.89. The van der Waals surface area contributed by atoms with E-state index >= 15 is 0 Å². The van der Waals surface area contributed by atoms with Crippen LogP contribution in [0.4, 0.5) is 17.1 Å². The Bertz CT molecular complexity index is 742. The molecule has 0 fully saturated rings. The summed E-state index contributed by atoms with van der Waals surface area (Å²) in [6.45, 7) is 0. The number of imide groups is 1. The Morgan fingerprint density at radius 1 is 0.952 bits per heavy atom. The van der Waals surface area contributed by atoms with Crippen LogP contribution in [-0.4, -0.2) is 35.8 Å². The second-order valence-electron chi connectivity index (χ2n) is 4.77. The average molecular weight is 282 g/mol.